The summed E-state index contributed by atoms with van der Waals surface area (Å²) >= 11 is 0. The summed E-state index contributed by atoms with van der Waals surface area (Å²) in [4.78, 5) is 154. The molecule has 0 unspecified atom stereocenters. The van der Waals surface area contributed by atoms with Crippen molar-refractivity contribution in [3.05, 3.63) is 197 Å². The Morgan fingerprint density at radius 2 is 0.450 bits per heavy atom. The van der Waals surface area contributed by atoms with E-state index >= 15 is 0 Å². The highest BCUT2D eigenvalue weighted by atomic mass is 19.1. The van der Waals surface area contributed by atoms with Gasteiger partial charge >= 0.3 is 0 Å². The molecule has 149 heavy (non-hydrogen) atoms. The predicted molar refractivity (Wildman–Crippen MR) is 599 cm³/mol. The highest BCUT2D eigenvalue weighted by Crippen LogP contribution is 2.34. The van der Waals surface area contributed by atoms with Gasteiger partial charge < -0.3 is 49.0 Å². The zero-order valence-corrected chi connectivity index (χ0v) is 92.2. The number of nitrogens with zero attached hydrogens (tertiary/aromatic N) is 23. The molecule has 8 fully saturated rings. The highest BCUT2D eigenvalue weighted by molar-refractivity contribution is 5.99. The van der Waals surface area contributed by atoms with E-state index in [-0.39, 0.29) is 58.9 Å². The van der Waals surface area contributed by atoms with Crippen LogP contribution in [-0.4, -0.2) is 352 Å². The van der Waals surface area contributed by atoms with Gasteiger partial charge in [-0.3, -0.25) is 82.5 Å². The maximum atomic E-state index is 13.5. The van der Waals surface area contributed by atoms with Crippen molar-refractivity contribution in [1.29, 1.82) is 0 Å². The molecular weight excluding hydrogens is 1880 g/mol. The van der Waals surface area contributed by atoms with Crippen LogP contribution in [0.1, 0.15) is 180 Å². The van der Waals surface area contributed by atoms with Gasteiger partial charge in [-0.1, -0.05) is 74.1 Å². The van der Waals surface area contributed by atoms with Gasteiger partial charge in [0.05, 0.1) is 100 Å². The number of piperidine rings is 5. The molecule has 8 amide bonds. The molecule has 810 valence electrons. The quantitative estimate of drug-likeness (QED) is 0.0544. The summed E-state index contributed by atoms with van der Waals surface area (Å²) in [5.74, 6) is 1.83. The molecular formula is C116H169F2N23O8. The fraction of sp³-hybridized carbons (Fsp3) is 0.560. The maximum absolute atomic E-state index is 13.5. The second kappa shape index (κ2) is 60.4. The third-order valence-electron chi connectivity index (χ3n) is 30.0. The Hall–Kier alpha value is -11.7. The first-order valence-electron chi connectivity index (χ1n) is 54.3. The molecule has 18 rings (SSSR count). The predicted octanol–water partition coefficient (Wildman–Crippen LogP) is 15.0. The second-order valence-corrected chi connectivity index (χ2v) is 41.6. The van der Waals surface area contributed by atoms with Gasteiger partial charge in [0.25, 0.3) is 0 Å². The number of hydrogen-bond donors (Lipinski definition) is 0. The zero-order chi connectivity index (χ0) is 107. The fourth-order valence-electron chi connectivity index (χ4n) is 19.5. The zero-order valence-electron chi connectivity index (χ0n) is 92.2. The lowest BCUT2D eigenvalue weighted by atomic mass is 10.1. The van der Waals surface area contributed by atoms with Gasteiger partial charge in [-0.05, 0) is 357 Å². The minimum Gasteiger partial charge on any atom is -0.374 e. The Balaban J connectivity index is 0.000000162. The molecule has 31 nitrogen and oxygen atoms in total. The summed E-state index contributed by atoms with van der Waals surface area (Å²) in [7, 11) is 18.6. The van der Waals surface area contributed by atoms with Crippen molar-refractivity contribution in [1.82, 2.24) is 64.1 Å². The van der Waals surface area contributed by atoms with Crippen LogP contribution in [0.15, 0.2) is 140 Å². The second-order valence-electron chi connectivity index (χ2n) is 41.6. The smallest absolute Gasteiger partial charge is 0.240 e. The Morgan fingerprint density at radius 3 is 0.698 bits per heavy atom. The first-order valence-corrected chi connectivity index (χ1v) is 54.3. The molecule has 0 bridgehead atoms. The van der Waals surface area contributed by atoms with Crippen LogP contribution in [0.4, 0.5) is 65.7 Å². The van der Waals surface area contributed by atoms with Crippen LogP contribution in [-0.2, 0) is 51.2 Å². The van der Waals surface area contributed by atoms with Crippen LogP contribution in [0.25, 0.3) is 0 Å². The van der Waals surface area contributed by atoms with E-state index in [9.17, 15) is 47.1 Å². The molecule has 0 aliphatic carbocycles. The van der Waals surface area contributed by atoms with Crippen molar-refractivity contribution in [3.63, 3.8) is 0 Å². The van der Waals surface area contributed by atoms with E-state index in [2.05, 4.69) is 131 Å². The van der Waals surface area contributed by atoms with Gasteiger partial charge in [0, 0.05) is 129 Å². The first-order chi connectivity index (χ1) is 71.6. The maximum Gasteiger partial charge on any atom is 0.240 e. The number of aromatic nitrogens is 5. The van der Waals surface area contributed by atoms with E-state index in [0.717, 1.165) is 202 Å². The standard InChI is InChI=1S/C17H25N3O.C16H23N3O.C15H21FN2O.C15H22N2O.C14H19FN2O.C14H21N3O.C13H20N4O.C12H18N4O/c1-18-11-8-14-6-7-15(12-16(14)18)19(2)17(21)13-20-9-4-3-5-10-20;1-17-10-7-13-5-6-14(11-15(13)17)18(2)16(20)12-19-8-3-4-9-19;1-12-6-7-13(10-14(12)16)17(2)15(19)11-18-8-4-3-5-9-18;1-13-6-8-14(9-7-13)16(2)15(18)12-17-10-4-3-5-11-17;1-11-5-6-12(9-13(11)15)16(2)14(18)10-17-7-3-4-8-17;1-12-6-7-13(10-15-12)16(2)14(18)11-17-8-4-3-5-9-17;1-11-14-8-12(9-15-11)16(2)13(18)10-17-6-4-3-5-7-17;1-10-13-7-11(8-14-10)15(2)12(17)9-16-5-3-4-6-16/h6-7,12H,3-5,8-11,13H2,1-2H3;5-6,11H,3-4,7-10,12H2,1-2H3;6-7,10H,3-5,8-9,11H2,1-2H3;6-9H,3-5,10-12H2,1-2H3;5-6,9H,3-4,7-8,10H2,1-2H3;6-7,10H,3-5,8-9,11H2,1-2H3;8-9H,3-7,10H2,1-2H3;7-8H,3-6,9H2,1-2H3. The number of carbonyl (C=O) groups is 8. The summed E-state index contributed by atoms with van der Waals surface area (Å²) in [6.07, 6.45) is 36.4. The molecule has 0 N–H and O–H groups in total. The molecule has 0 spiro atoms. The van der Waals surface area contributed by atoms with E-state index in [1.54, 1.807) is 127 Å². The third kappa shape index (κ3) is 37.7. The van der Waals surface area contributed by atoms with Gasteiger partial charge in [0.1, 0.15) is 23.3 Å². The molecule has 13 heterocycles. The summed E-state index contributed by atoms with van der Waals surface area (Å²) in [5, 5.41) is 0. The van der Waals surface area contributed by atoms with E-state index < -0.39 is 0 Å². The van der Waals surface area contributed by atoms with E-state index in [0.29, 0.717) is 80.7 Å². The molecule has 8 saturated heterocycles. The van der Waals surface area contributed by atoms with Gasteiger partial charge in [-0.25, -0.2) is 28.7 Å². The number of hydrogen-bond acceptors (Lipinski definition) is 23. The highest BCUT2D eigenvalue weighted by Gasteiger charge is 2.29. The molecule has 5 aromatic carbocycles. The average Bonchev–Trinajstić information content (AvgIpc) is 1.68. The molecule has 10 aliphatic rings. The van der Waals surface area contributed by atoms with Crippen LogP contribution in [0.2, 0.25) is 0 Å². The van der Waals surface area contributed by atoms with Crippen molar-refractivity contribution < 1.29 is 47.1 Å². The number of likely N-dealkylation sites (tertiary alicyclic amines) is 8. The Kier molecular flexibility index (Phi) is 47.6. The minimum absolute atomic E-state index is 0.0140. The third-order valence-corrected chi connectivity index (χ3v) is 30.0. The number of carbonyl (C=O) groups excluding carboxylic acids is 8. The number of fused-ring (bicyclic) bond motifs is 2. The summed E-state index contributed by atoms with van der Waals surface area (Å²) in [6.45, 7) is 33.8. The molecule has 10 aliphatic heterocycles. The number of halogens is 2. The normalized spacial score (nSPS) is 17.0. The van der Waals surface area contributed by atoms with Crippen molar-refractivity contribution in [2.75, 3.05) is 290 Å². The molecule has 0 saturated carbocycles. The topological polar surface area (TPSA) is 259 Å². The van der Waals surface area contributed by atoms with Crippen LogP contribution >= 0.6 is 0 Å². The summed E-state index contributed by atoms with van der Waals surface area (Å²) in [6, 6.07) is 34.5. The van der Waals surface area contributed by atoms with Crippen molar-refractivity contribution in [3.8, 4) is 0 Å². The van der Waals surface area contributed by atoms with E-state index in [4.69, 9.17) is 0 Å². The number of aryl methyl sites for hydroxylation is 6. The first kappa shape index (κ1) is 118. The van der Waals surface area contributed by atoms with E-state index in [1.807, 2.05) is 85.4 Å². The lowest BCUT2D eigenvalue weighted by Gasteiger charge is -2.28. The largest absolute Gasteiger partial charge is 0.374 e. The van der Waals surface area contributed by atoms with Crippen LogP contribution < -0.4 is 49.0 Å². The Bertz CT molecular complexity index is 5340. The van der Waals surface area contributed by atoms with Crippen LogP contribution in [0.3, 0.4) is 0 Å². The molecule has 3 aromatic heterocycles. The molecule has 8 aromatic rings. The van der Waals surface area contributed by atoms with Crippen molar-refractivity contribution in [2.24, 2.45) is 0 Å². The monoisotopic (exact) mass is 2050 g/mol. The Labute approximate surface area is 886 Å². The minimum atomic E-state index is -0.270. The van der Waals surface area contributed by atoms with Crippen LogP contribution in [0.5, 0.6) is 0 Å². The van der Waals surface area contributed by atoms with Gasteiger partial charge in [0.2, 0.25) is 47.3 Å². The number of benzene rings is 5. The lowest BCUT2D eigenvalue weighted by molar-refractivity contribution is -0.120. The van der Waals surface area contributed by atoms with Gasteiger partial charge in [-0.2, -0.15) is 0 Å². The Morgan fingerprint density at radius 1 is 0.242 bits per heavy atom. The van der Waals surface area contributed by atoms with Crippen molar-refractivity contribution >= 4 is 104 Å². The average molecular weight is 2050 g/mol. The molecule has 0 radical (unpaired) electrons. The summed E-state index contributed by atoms with van der Waals surface area (Å²) < 4.78 is 27.0. The number of amides is 8. The fourth-order valence-corrected chi connectivity index (χ4v) is 19.5. The SMILES string of the molecule is CN1CCc2ccc(N(C)C(=O)CN3CCCC3)cc21.CN1CCc2ccc(N(C)C(=O)CN3CCCCC3)cc21.Cc1ccc(N(C)C(=O)CN2CCCC2)cc1F.Cc1ccc(N(C)C(=O)CN2CCCCC2)cc1.Cc1ccc(N(C)C(=O)CN2CCCCC2)cc1F.Cc1ccc(N(C)C(=O)CN2CCCCC2)cn1.Cc1ncc(N(C)C(=O)CN2CCCC2)cn1.Cc1ncc(N(C)C(=O)CN2CCCCC2)cn1. The number of pyridine rings is 1. The van der Waals surface area contributed by atoms with E-state index in [1.165, 1.54) is 159 Å². The summed E-state index contributed by atoms with van der Waals surface area (Å²) in [5.41, 5.74) is 15.3. The lowest BCUT2D eigenvalue weighted by Crippen LogP contribution is -2.40. The van der Waals surface area contributed by atoms with Gasteiger partial charge in [0.15, 0.2) is 0 Å². The molecule has 33 heteroatoms. The molecule has 0 atom stereocenters. The number of anilines is 10. The van der Waals surface area contributed by atoms with Crippen molar-refractivity contribution in [2.45, 2.75) is 189 Å². The number of likely N-dealkylation sites (N-methyl/N-ethyl adjacent to an activating group) is 10. The van der Waals surface area contributed by atoms with Crippen LogP contribution in [0, 0.1) is 53.2 Å². The van der Waals surface area contributed by atoms with Gasteiger partial charge in [-0.15, -0.1) is 0 Å². The number of rotatable bonds is 24.